The van der Waals surface area contributed by atoms with Crippen molar-refractivity contribution in [3.05, 3.63) is 24.0 Å². The van der Waals surface area contributed by atoms with Crippen LogP contribution >= 0.6 is 0 Å². The van der Waals surface area contributed by atoms with Crippen LogP contribution in [0.5, 0.6) is 0 Å². The molecule has 2 rings (SSSR count). The number of hydrogen-bond acceptors (Lipinski definition) is 2. The van der Waals surface area contributed by atoms with Gasteiger partial charge in [-0.15, -0.1) is 0 Å². The number of nitrogens with zero attached hydrogens (tertiary/aromatic N) is 1. The third-order valence-corrected chi connectivity index (χ3v) is 2.92. The van der Waals surface area contributed by atoms with E-state index >= 15 is 0 Å². The molecule has 4 heteroatoms. The van der Waals surface area contributed by atoms with Gasteiger partial charge in [0, 0.05) is 18.0 Å². The van der Waals surface area contributed by atoms with Gasteiger partial charge in [-0.2, -0.15) is 0 Å². The number of fused-ring (bicyclic) bond motifs is 1. The van der Waals surface area contributed by atoms with Gasteiger partial charge in [-0.1, -0.05) is 27.7 Å². The van der Waals surface area contributed by atoms with Crippen molar-refractivity contribution >= 4 is 22.6 Å². The summed E-state index contributed by atoms with van der Waals surface area (Å²) < 4.78 is 0. The highest BCUT2D eigenvalue weighted by atomic mass is 16.1. The minimum absolute atomic E-state index is 0.0537. The Hall–Kier alpha value is -1.84. The maximum absolute atomic E-state index is 11.7. The first-order valence-electron chi connectivity index (χ1n) is 6.75. The summed E-state index contributed by atoms with van der Waals surface area (Å²) in [5.41, 5.74) is 2.72. The maximum Gasteiger partial charge on any atom is 0.224 e. The second-order valence-corrected chi connectivity index (χ2v) is 5.65. The molecule has 1 aromatic heterocycles. The van der Waals surface area contributed by atoms with Crippen LogP contribution in [0.15, 0.2) is 18.2 Å². The molecule has 0 aliphatic carbocycles. The normalized spacial score (nSPS) is 11.5. The van der Waals surface area contributed by atoms with Gasteiger partial charge < -0.3 is 10.3 Å². The van der Waals surface area contributed by atoms with Crippen molar-refractivity contribution in [1.29, 1.82) is 0 Å². The zero-order chi connectivity index (χ0) is 14.0. The Labute approximate surface area is 113 Å². The summed E-state index contributed by atoms with van der Waals surface area (Å²) in [5.74, 6) is 1.76. The van der Waals surface area contributed by atoms with E-state index in [-0.39, 0.29) is 5.91 Å². The minimum Gasteiger partial charge on any atom is -0.342 e. The van der Waals surface area contributed by atoms with Crippen molar-refractivity contribution in [2.75, 3.05) is 5.32 Å². The largest absolute Gasteiger partial charge is 0.342 e. The second-order valence-electron chi connectivity index (χ2n) is 5.65. The van der Waals surface area contributed by atoms with E-state index in [4.69, 9.17) is 0 Å². The van der Waals surface area contributed by atoms with E-state index in [1.54, 1.807) is 0 Å². The molecule has 1 amide bonds. The van der Waals surface area contributed by atoms with Crippen molar-refractivity contribution in [2.24, 2.45) is 5.92 Å². The Morgan fingerprint density at radius 1 is 1.32 bits per heavy atom. The van der Waals surface area contributed by atoms with Crippen LogP contribution < -0.4 is 5.32 Å². The lowest BCUT2D eigenvalue weighted by molar-refractivity contribution is -0.116. The van der Waals surface area contributed by atoms with Crippen LogP contribution in [-0.2, 0) is 4.79 Å². The van der Waals surface area contributed by atoms with Gasteiger partial charge in [0.1, 0.15) is 5.82 Å². The number of carbonyl (C=O) groups excluding carboxylic acids is 1. The number of anilines is 1. The van der Waals surface area contributed by atoms with Gasteiger partial charge in [0.25, 0.3) is 0 Å². The molecule has 1 heterocycles. The Morgan fingerprint density at radius 2 is 2.05 bits per heavy atom. The molecule has 0 aliphatic heterocycles. The van der Waals surface area contributed by atoms with E-state index in [1.165, 1.54) is 0 Å². The zero-order valence-corrected chi connectivity index (χ0v) is 11.9. The van der Waals surface area contributed by atoms with E-state index in [1.807, 2.05) is 32.0 Å². The van der Waals surface area contributed by atoms with Gasteiger partial charge >= 0.3 is 0 Å². The average molecular weight is 259 g/mol. The average Bonchev–Trinajstić information content (AvgIpc) is 2.70. The Morgan fingerprint density at radius 3 is 2.68 bits per heavy atom. The summed E-state index contributed by atoms with van der Waals surface area (Å²) in [7, 11) is 0. The van der Waals surface area contributed by atoms with Crippen molar-refractivity contribution in [3.63, 3.8) is 0 Å². The number of aromatic amines is 1. The molecule has 1 aromatic carbocycles. The Bertz CT molecular complexity index is 584. The van der Waals surface area contributed by atoms with Crippen LogP contribution in [0.25, 0.3) is 11.0 Å². The minimum atomic E-state index is 0.0537. The molecule has 0 bridgehead atoms. The van der Waals surface area contributed by atoms with Crippen LogP contribution in [-0.4, -0.2) is 15.9 Å². The van der Waals surface area contributed by atoms with Gasteiger partial charge in [-0.05, 0) is 24.1 Å². The predicted molar refractivity (Wildman–Crippen MR) is 78.3 cm³/mol. The van der Waals surface area contributed by atoms with Crippen LogP contribution in [0.3, 0.4) is 0 Å². The number of H-pyrrole nitrogens is 1. The topological polar surface area (TPSA) is 57.8 Å². The number of amides is 1. The summed E-state index contributed by atoms with van der Waals surface area (Å²) >= 11 is 0. The molecule has 2 N–H and O–H groups in total. The summed E-state index contributed by atoms with van der Waals surface area (Å²) in [6.07, 6.45) is 0.540. The lowest BCUT2D eigenvalue weighted by Crippen LogP contribution is -2.13. The molecule has 0 aliphatic rings. The maximum atomic E-state index is 11.7. The summed E-state index contributed by atoms with van der Waals surface area (Å²) in [5, 5.41) is 2.92. The summed E-state index contributed by atoms with van der Waals surface area (Å²) in [6, 6.07) is 5.76. The van der Waals surface area contributed by atoms with Crippen molar-refractivity contribution in [2.45, 2.75) is 40.0 Å². The van der Waals surface area contributed by atoms with Crippen LogP contribution in [0, 0.1) is 5.92 Å². The molecule has 0 saturated carbocycles. The van der Waals surface area contributed by atoms with E-state index < -0.39 is 0 Å². The molecule has 0 saturated heterocycles. The smallest absolute Gasteiger partial charge is 0.224 e. The molecule has 0 fully saturated rings. The lowest BCUT2D eigenvalue weighted by Gasteiger charge is -2.06. The highest BCUT2D eigenvalue weighted by molar-refractivity contribution is 5.93. The zero-order valence-electron chi connectivity index (χ0n) is 11.9. The summed E-state index contributed by atoms with van der Waals surface area (Å²) in [4.78, 5) is 19.5. The molecule has 0 unspecified atom stereocenters. The molecule has 0 radical (unpaired) electrons. The van der Waals surface area contributed by atoms with E-state index in [9.17, 15) is 4.79 Å². The van der Waals surface area contributed by atoms with Gasteiger partial charge in [-0.25, -0.2) is 4.98 Å². The number of aromatic nitrogens is 2. The van der Waals surface area contributed by atoms with E-state index in [2.05, 4.69) is 29.1 Å². The molecule has 2 aromatic rings. The fraction of sp³-hybridized carbons (Fsp3) is 0.467. The first-order valence-corrected chi connectivity index (χ1v) is 6.75. The van der Waals surface area contributed by atoms with E-state index in [0.717, 1.165) is 22.5 Å². The highest BCUT2D eigenvalue weighted by Gasteiger charge is 2.09. The van der Waals surface area contributed by atoms with Crippen LogP contribution in [0.4, 0.5) is 5.69 Å². The quantitative estimate of drug-likeness (QED) is 0.880. The monoisotopic (exact) mass is 259 g/mol. The molecule has 19 heavy (non-hydrogen) atoms. The molecule has 0 spiro atoms. The Kier molecular flexibility index (Phi) is 3.88. The van der Waals surface area contributed by atoms with Crippen molar-refractivity contribution in [3.8, 4) is 0 Å². The van der Waals surface area contributed by atoms with Gasteiger partial charge in [-0.3, -0.25) is 4.79 Å². The number of benzene rings is 1. The third kappa shape index (κ3) is 3.34. The predicted octanol–water partition coefficient (Wildman–Crippen LogP) is 3.67. The second kappa shape index (κ2) is 5.43. The Balaban J connectivity index is 2.19. The highest BCUT2D eigenvalue weighted by Crippen LogP contribution is 2.20. The molecule has 0 atom stereocenters. The number of rotatable bonds is 4. The van der Waals surface area contributed by atoms with Gasteiger partial charge in [0.05, 0.1) is 11.0 Å². The number of nitrogens with one attached hydrogen (secondary N) is 2. The fourth-order valence-corrected chi connectivity index (χ4v) is 1.96. The van der Waals surface area contributed by atoms with Gasteiger partial charge in [0.15, 0.2) is 0 Å². The molecule has 102 valence electrons. The number of imidazole rings is 1. The molecular weight excluding hydrogens is 238 g/mol. The third-order valence-electron chi connectivity index (χ3n) is 2.92. The van der Waals surface area contributed by atoms with Gasteiger partial charge in [0.2, 0.25) is 5.91 Å². The fourth-order valence-electron chi connectivity index (χ4n) is 1.96. The van der Waals surface area contributed by atoms with Crippen LogP contribution in [0.1, 0.15) is 45.9 Å². The summed E-state index contributed by atoms with van der Waals surface area (Å²) in [6.45, 7) is 8.27. The van der Waals surface area contributed by atoms with Crippen molar-refractivity contribution in [1.82, 2.24) is 9.97 Å². The number of carbonyl (C=O) groups is 1. The van der Waals surface area contributed by atoms with E-state index in [0.29, 0.717) is 18.3 Å². The molecular formula is C15H21N3O. The SMILES string of the molecule is CC(C)CC(=O)Nc1ccc2nc(C(C)C)[nH]c2c1. The molecule has 4 nitrogen and oxygen atoms in total. The first kappa shape index (κ1) is 13.6. The standard InChI is InChI=1S/C15H21N3O/c1-9(2)7-14(19)16-11-5-6-12-13(8-11)18-15(17-12)10(3)4/h5-6,8-10H,7H2,1-4H3,(H,16,19)(H,17,18). The first-order chi connectivity index (χ1) is 8.95. The number of hydrogen-bond donors (Lipinski definition) is 2. The lowest BCUT2D eigenvalue weighted by atomic mass is 10.1. The van der Waals surface area contributed by atoms with Crippen molar-refractivity contribution < 1.29 is 4.79 Å². The van der Waals surface area contributed by atoms with Crippen LogP contribution in [0.2, 0.25) is 0 Å².